The molecular formula is C19H23N3O3. The van der Waals surface area contributed by atoms with Crippen LogP contribution >= 0.6 is 0 Å². The summed E-state index contributed by atoms with van der Waals surface area (Å²) in [6, 6.07) is 10.0. The standard InChI is InChI=1S/C19H23N3O3/c1-21-18(23)16-11-15(9-10-17(16)20-21)22(14-7-8-14)19(24)25-12-13-5-3-2-4-6-13/h2-6,14-15,20H,7-12H2,1H3. The Bertz CT molecular complexity index is 820. The van der Waals surface area contributed by atoms with Crippen LogP contribution in [0.3, 0.4) is 0 Å². The molecule has 1 aromatic carbocycles. The average Bonchev–Trinajstić information content (AvgIpc) is 3.42. The Morgan fingerprint density at radius 3 is 2.72 bits per heavy atom. The molecule has 6 heteroatoms. The first kappa shape index (κ1) is 16.0. The maximum Gasteiger partial charge on any atom is 0.410 e. The van der Waals surface area contributed by atoms with Crippen LogP contribution < -0.4 is 5.56 Å². The van der Waals surface area contributed by atoms with Gasteiger partial charge in [0.2, 0.25) is 0 Å². The molecular weight excluding hydrogens is 318 g/mol. The number of benzene rings is 1. The number of aromatic nitrogens is 2. The van der Waals surface area contributed by atoms with Crippen molar-refractivity contribution in [3.05, 3.63) is 57.5 Å². The quantitative estimate of drug-likeness (QED) is 0.928. The van der Waals surface area contributed by atoms with Gasteiger partial charge in [-0.05, 0) is 31.2 Å². The van der Waals surface area contributed by atoms with Gasteiger partial charge in [0, 0.05) is 36.8 Å². The first-order valence-electron chi connectivity index (χ1n) is 8.89. The van der Waals surface area contributed by atoms with Crippen LogP contribution in [0.4, 0.5) is 4.79 Å². The zero-order valence-corrected chi connectivity index (χ0v) is 14.4. The number of fused-ring (bicyclic) bond motifs is 1. The number of amides is 1. The first-order valence-corrected chi connectivity index (χ1v) is 8.89. The predicted octanol–water partition coefficient (Wildman–Crippen LogP) is 2.37. The topological polar surface area (TPSA) is 67.3 Å². The summed E-state index contributed by atoms with van der Waals surface area (Å²) in [6.07, 6.45) is 4.06. The molecule has 0 aliphatic heterocycles. The van der Waals surface area contributed by atoms with Crippen molar-refractivity contribution in [1.82, 2.24) is 14.7 Å². The van der Waals surface area contributed by atoms with Gasteiger partial charge in [0.05, 0.1) is 0 Å². The maximum atomic E-state index is 12.7. The molecule has 1 amide bonds. The summed E-state index contributed by atoms with van der Waals surface area (Å²) in [6.45, 7) is 0.285. The lowest BCUT2D eigenvalue weighted by atomic mass is 9.92. The van der Waals surface area contributed by atoms with Gasteiger partial charge in [0.15, 0.2) is 0 Å². The molecule has 0 radical (unpaired) electrons. The number of H-pyrrole nitrogens is 1. The van der Waals surface area contributed by atoms with E-state index in [4.69, 9.17) is 4.74 Å². The molecule has 1 aromatic heterocycles. The lowest BCUT2D eigenvalue weighted by Crippen LogP contribution is -2.45. The third-order valence-corrected chi connectivity index (χ3v) is 5.15. The van der Waals surface area contributed by atoms with Crippen LogP contribution in [0, 0.1) is 0 Å². The molecule has 25 heavy (non-hydrogen) atoms. The maximum absolute atomic E-state index is 12.7. The highest BCUT2D eigenvalue weighted by Crippen LogP contribution is 2.33. The van der Waals surface area contributed by atoms with E-state index in [0.717, 1.165) is 42.5 Å². The van der Waals surface area contributed by atoms with E-state index in [1.165, 1.54) is 4.68 Å². The van der Waals surface area contributed by atoms with Crippen LogP contribution in [0.15, 0.2) is 35.1 Å². The van der Waals surface area contributed by atoms with Gasteiger partial charge >= 0.3 is 6.09 Å². The first-order chi connectivity index (χ1) is 12.1. The van der Waals surface area contributed by atoms with Crippen molar-refractivity contribution in [3.63, 3.8) is 0 Å². The number of ether oxygens (including phenoxy) is 1. The van der Waals surface area contributed by atoms with Gasteiger partial charge in [0.1, 0.15) is 6.61 Å². The molecule has 1 unspecified atom stereocenters. The van der Waals surface area contributed by atoms with Gasteiger partial charge in [-0.3, -0.25) is 14.6 Å². The summed E-state index contributed by atoms with van der Waals surface area (Å²) in [5.74, 6) is 0. The van der Waals surface area contributed by atoms with Gasteiger partial charge in [-0.1, -0.05) is 30.3 Å². The summed E-state index contributed by atoms with van der Waals surface area (Å²) in [5, 5.41) is 3.11. The van der Waals surface area contributed by atoms with Crippen molar-refractivity contribution in [2.75, 3.05) is 0 Å². The molecule has 2 aromatic rings. The molecule has 132 valence electrons. The van der Waals surface area contributed by atoms with Crippen LogP contribution in [0.2, 0.25) is 0 Å². The lowest BCUT2D eigenvalue weighted by Gasteiger charge is -2.33. The second-order valence-electron chi connectivity index (χ2n) is 7.01. The molecule has 0 saturated heterocycles. The normalized spacial score (nSPS) is 19.3. The predicted molar refractivity (Wildman–Crippen MR) is 93.3 cm³/mol. The van der Waals surface area contributed by atoms with E-state index in [1.54, 1.807) is 7.05 Å². The molecule has 1 saturated carbocycles. The Morgan fingerprint density at radius 2 is 2.00 bits per heavy atom. The summed E-state index contributed by atoms with van der Waals surface area (Å²) >= 11 is 0. The molecule has 0 bridgehead atoms. The van der Waals surface area contributed by atoms with E-state index in [-0.39, 0.29) is 30.3 Å². The number of aryl methyl sites for hydroxylation is 2. The van der Waals surface area contributed by atoms with E-state index in [0.29, 0.717) is 6.42 Å². The number of rotatable bonds is 4. The van der Waals surface area contributed by atoms with Crippen LogP contribution in [-0.4, -0.2) is 32.9 Å². The Morgan fingerprint density at radius 1 is 1.24 bits per heavy atom. The summed E-state index contributed by atoms with van der Waals surface area (Å²) < 4.78 is 7.09. The van der Waals surface area contributed by atoms with Gasteiger partial charge in [-0.15, -0.1) is 0 Å². The van der Waals surface area contributed by atoms with Crippen LogP contribution in [0.25, 0.3) is 0 Å². The van der Waals surface area contributed by atoms with Crippen molar-refractivity contribution >= 4 is 6.09 Å². The van der Waals surface area contributed by atoms with E-state index < -0.39 is 0 Å². The Kier molecular flexibility index (Phi) is 4.11. The second-order valence-corrected chi connectivity index (χ2v) is 7.01. The number of hydrogen-bond donors (Lipinski definition) is 1. The van der Waals surface area contributed by atoms with E-state index in [2.05, 4.69) is 5.10 Å². The summed E-state index contributed by atoms with van der Waals surface area (Å²) in [5.41, 5.74) is 2.84. The summed E-state index contributed by atoms with van der Waals surface area (Å²) in [4.78, 5) is 26.8. The van der Waals surface area contributed by atoms with Crippen LogP contribution in [0.1, 0.15) is 36.1 Å². The Labute approximate surface area is 146 Å². The largest absolute Gasteiger partial charge is 0.445 e. The van der Waals surface area contributed by atoms with Crippen molar-refractivity contribution in [2.45, 2.75) is 50.8 Å². The Hall–Kier alpha value is -2.50. The molecule has 2 aliphatic carbocycles. The SMILES string of the molecule is Cn1[nH]c2c(c1=O)CC(N(C(=O)OCc1ccccc1)C1CC1)CC2. The third kappa shape index (κ3) is 3.21. The van der Waals surface area contributed by atoms with Gasteiger partial charge < -0.3 is 9.64 Å². The van der Waals surface area contributed by atoms with E-state index in [9.17, 15) is 9.59 Å². The highest BCUT2D eigenvalue weighted by molar-refractivity contribution is 5.69. The number of carbonyl (C=O) groups excluding carboxylic acids is 1. The van der Waals surface area contributed by atoms with Crippen LogP contribution in [0.5, 0.6) is 0 Å². The molecule has 1 heterocycles. The molecule has 1 atom stereocenters. The number of carbonyl (C=O) groups is 1. The molecule has 6 nitrogen and oxygen atoms in total. The minimum atomic E-state index is -0.257. The van der Waals surface area contributed by atoms with Gasteiger partial charge in [-0.2, -0.15) is 0 Å². The minimum Gasteiger partial charge on any atom is -0.445 e. The smallest absolute Gasteiger partial charge is 0.410 e. The highest BCUT2D eigenvalue weighted by atomic mass is 16.6. The Balaban J connectivity index is 1.47. The van der Waals surface area contributed by atoms with Gasteiger partial charge in [-0.25, -0.2) is 4.79 Å². The number of nitrogens with one attached hydrogen (secondary N) is 1. The lowest BCUT2D eigenvalue weighted by molar-refractivity contribution is 0.0735. The van der Waals surface area contributed by atoms with Crippen molar-refractivity contribution < 1.29 is 9.53 Å². The van der Waals surface area contributed by atoms with Gasteiger partial charge in [0.25, 0.3) is 5.56 Å². The van der Waals surface area contributed by atoms with Crippen LogP contribution in [-0.2, 0) is 31.2 Å². The molecule has 1 N–H and O–H groups in total. The highest BCUT2D eigenvalue weighted by Gasteiger charge is 2.40. The van der Waals surface area contributed by atoms with E-state index in [1.807, 2.05) is 35.2 Å². The fraction of sp³-hybridized carbons (Fsp3) is 0.474. The zero-order chi connectivity index (χ0) is 17.4. The third-order valence-electron chi connectivity index (χ3n) is 5.15. The number of nitrogens with zero attached hydrogens (tertiary/aromatic N) is 2. The molecule has 1 fully saturated rings. The molecule has 2 aliphatic rings. The fourth-order valence-electron chi connectivity index (χ4n) is 3.70. The molecule has 4 rings (SSSR count). The minimum absolute atomic E-state index is 0.0214. The number of hydrogen-bond acceptors (Lipinski definition) is 3. The monoisotopic (exact) mass is 341 g/mol. The summed E-state index contributed by atoms with van der Waals surface area (Å²) in [7, 11) is 1.74. The van der Waals surface area contributed by atoms with Crippen molar-refractivity contribution in [1.29, 1.82) is 0 Å². The molecule has 0 spiro atoms. The second kappa shape index (κ2) is 6.43. The van der Waals surface area contributed by atoms with E-state index >= 15 is 0 Å². The number of aromatic amines is 1. The average molecular weight is 341 g/mol. The van der Waals surface area contributed by atoms with Crippen molar-refractivity contribution in [3.8, 4) is 0 Å². The van der Waals surface area contributed by atoms with Crippen molar-refractivity contribution in [2.24, 2.45) is 7.05 Å². The zero-order valence-electron chi connectivity index (χ0n) is 14.4. The fourth-order valence-corrected chi connectivity index (χ4v) is 3.70.